The van der Waals surface area contributed by atoms with E-state index in [4.69, 9.17) is 9.84 Å². The molecule has 0 radical (unpaired) electrons. The van der Waals surface area contributed by atoms with Crippen molar-refractivity contribution < 1.29 is 32.2 Å². The molecule has 0 saturated carbocycles. The van der Waals surface area contributed by atoms with E-state index in [0.717, 1.165) is 18.2 Å². The summed E-state index contributed by atoms with van der Waals surface area (Å²) in [5, 5.41) is 9.02. The van der Waals surface area contributed by atoms with Gasteiger partial charge in [-0.15, -0.1) is 0 Å². The Morgan fingerprint density at radius 3 is 2.36 bits per heavy atom. The van der Waals surface area contributed by atoms with Crippen molar-refractivity contribution in [2.75, 3.05) is 18.1 Å². The van der Waals surface area contributed by atoms with Crippen LogP contribution in [0.2, 0.25) is 0 Å². The zero-order valence-electron chi connectivity index (χ0n) is 12.8. The number of nitrogens with zero attached hydrogens (tertiary/aromatic N) is 1. The quantitative estimate of drug-likeness (QED) is 0.852. The summed E-state index contributed by atoms with van der Waals surface area (Å²) < 4.78 is 57.0. The maximum Gasteiger partial charge on any atom is 0.416 e. The van der Waals surface area contributed by atoms with Crippen molar-refractivity contribution in [2.45, 2.75) is 12.3 Å². The molecule has 1 aliphatic rings. The van der Waals surface area contributed by atoms with Crippen LogP contribution in [0, 0.1) is 5.82 Å². The summed E-state index contributed by atoms with van der Waals surface area (Å²) in [6.07, 6.45) is -5.83. The molecule has 0 aliphatic carbocycles. The third-order valence-electron chi connectivity index (χ3n) is 3.87. The number of amides is 1. The number of halogens is 4. The van der Waals surface area contributed by atoms with E-state index in [9.17, 15) is 22.4 Å². The van der Waals surface area contributed by atoms with Gasteiger partial charge in [0, 0.05) is 5.56 Å². The summed E-state index contributed by atoms with van der Waals surface area (Å²) in [7, 11) is 0. The zero-order valence-corrected chi connectivity index (χ0v) is 12.8. The Morgan fingerprint density at radius 1 is 1.16 bits per heavy atom. The maximum atomic E-state index is 14.4. The van der Waals surface area contributed by atoms with Gasteiger partial charge in [0.2, 0.25) is 0 Å². The van der Waals surface area contributed by atoms with Gasteiger partial charge in [-0.25, -0.2) is 9.18 Å². The van der Waals surface area contributed by atoms with E-state index in [1.54, 1.807) is 0 Å². The van der Waals surface area contributed by atoms with Gasteiger partial charge in [-0.1, -0.05) is 12.1 Å². The van der Waals surface area contributed by atoms with Gasteiger partial charge in [-0.3, -0.25) is 4.90 Å². The molecule has 1 aliphatic heterocycles. The van der Waals surface area contributed by atoms with Crippen LogP contribution in [-0.4, -0.2) is 30.5 Å². The van der Waals surface area contributed by atoms with Crippen LogP contribution in [-0.2, 0) is 10.9 Å². The van der Waals surface area contributed by atoms with E-state index in [-0.39, 0.29) is 30.0 Å². The SMILES string of the molecule is O=C1O[C@@H](CO)CN1c1ccc(-c2ccc(C(F)(F)F)cc2)c(F)c1. The number of hydrogen-bond acceptors (Lipinski definition) is 3. The average molecular weight is 355 g/mol. The Morgan fingerprint density at radius 2 is 1.84 bits per heavy atom. The van der Waals surface area contributed by atoms with Crippen LogP contribution < -0.4 is 4.90 Å². The molecule has 3 rings (SSSR count). The van der Waals surface area contributed by atoms with E-state index in [1.807, 2.05) is 0 Å². The summed E-state index contributed by atoms with van der Waals surface area (Å²) in [6.45, 7) is -0.247. The molecular weight excluding hydrogens is 342 g/mol. The number of hydrogen-bond donors (Lipinski definition) is 1. The molecule has 1 N–H and O–H groups in total. The second-order valence-corrected chi connectivity index (χ2v) is 5.54. The third kappa shape index (κ3) is 3.43. The van der Waals surface area contributed by atoms with E-state index < -0.39 is 29.8 Å². The molecule has 25 heavy (non-hydrogen) atoms. The van der Waals surface area contributed by atoms with Gasteiger partial charge < -0.3 is 9.84 Å². The Hall–Kier alpha value is -2.61. The van der Waals surface area contributed by atoms with E-state index in [0.29, 0.717) is 0 Å². The van der Waals surface area contributed by atoms with Gasteiger partial charge in [0.15, 0.2) is 0 Å². The number of cyclic esters (lactones) is 1. The monoisotopic (exact) mass is 355 g/mol. The lowest BCUT2D eigenvalue weighted by molar-refractivity contribution is -0.137. The molecule has 1 amide bonds. The molecular formula is C17H13F4NO3. The second-order valence-electron chi connectivity index (χ2n) is 5.54. The highest BCUT2D eigenvalue weighted by Crippen LogP contribution is 2.33. The highest BCUT2D eigenvalue weighted by molar-refractivity contribution is 5.90. The number of alkyl halides is 3. The lowest BCUT2D eigenvalue weighted by Gasteiger charge is -2.14. The Balaban J connectivity index is 1.86. The van der Waals surface area contributed by atoms with Gasteiger partial charge in [-0.2, -0.15) is 13.2 Å². The number of aliphatic hydroxyl groups excluding tert-OH is 1. The van der Waals surface area contributed by atoms with Crippen molar-refractivity contribution in [1.29, 1.82) is 0 Å². The molecule has 0 bridgehead atoms. The lowest BCUT2D eigenvalue weighted by Crippen LogP contribution is -2.25. The lowest BCUT2D eigenvalue weighted by atomic mass is 10.0. The van der Waals surface area contributed by atoms with E-state index in [2.05, 4.69) is 0 Å². The molecule has 2 aromatic rings. The smallest absolute Gasteiger partial charge is 0.416 e. The molecule has 1 saturated heterocycles. The summed E-state index contributed by atoms with van der Waals surface area (Å²) in [5.74, 6) is -0.683. The molecule has 4 nitrogen and oxygen atoms in total. The van der Waals surface area contributed by atoms with Crippen molar-refractivity contribution in [3.05, 3.63) is 53.8 Å². The fourth-order valence-electron chi connectivity index (χ4n) is 2.57. The van der Waals surface area contributed by atoms with Gasteiger partial charge >= 0.3 is 12.3 Å². The van der Waals surface area contributed by atoms with E-state index >= 15 is 0 Å². The third-order valence-corrected chi connectivity index (χ3v) is 3.87. The van der Waals surface area contributed by atoms with Crippen molar-refractivity contribution in [3.8, 4) is 11.1 Å². The van der Waals surface area contributed by atoms with E-state index in [1.165, 1.54) is 29.2 Å². The fraction of sp³-hybridized carbons (Fsp3) is 0.235. The number of rotatable bonds is 3. The molecule has 2 aromatic carbocycles. The first-order chi connectivity index (χ1) is 11.8. The summed E-state index contributed by atoms with van der Waals surface area (Å²) >= 11 is 0. The van der Waals surface area contributed by atoms with Crippen molar-refractivity contribution >= 4 is 11.8 Å². The first kappa shape index (κ1) is 17.2. The normalized spacial score (nSPS) is 17.7. The van der Waals surface area contributed by atoms with Crippen LogP contribution >= 0.6 is 0 Å². The number of aliphatic hydroxyl groups is 1. The zero-order chi connectivity index (χ0) is 18.2. The maximum absolute atomic E-state index is 14.4. The molecule has 132 valence electrons. The molecule has 8 heteroatoms. The Bertz CT molecular complexity index is 789. The van der Waals surface area contributed by atoms with Gasteiger partial charge in [0.1, 0.15) is 11.9 Å². The summed E-state index contributed by atoms with van der Waals surface area (Å²) in [6, 6.07) is 8.09. The fourth-order valence-corrected chi connectivity index (χ4v) is 2.57. The number of benzene rings is 2. The highest BCUT2D eigenvalue weighted by atomic mass is 19.4. The largest absolute Gasteiger partial charge is 0.441 e. The predicted molar refractivity (Wildman–Crippen MR) is 81.5 cm³/mol. The minimum atomic E-state index is -4.46. The number of ether oxygens (including phenoxy) is 1. The molecule has 1 heterocycles. The first-order valence-corrected chi connectivity index (χ1v) is 7.36. The Kier molecular flexibility index (Phi) is 4.38. The standard InChI is InChI=1S/C17H13F4NO3/c18-15-7-12(22-8-13(9-23)25-16(22)24)5-6-14(15)10-1-3-11(4-2-10)17(19,20)21/h1-7,13,23H,8-9H2/t13-/m1/s1. The van der Waals surface area contributed by atoms with Crippen LogP contribution in [0.4, 0.5) is 28.0 Å². The first-order valence-electron chi connectivity index (χ1n) is 7.36. The minimum absolute atomic E-state index is 0.0917. The Labute approximate surface area is 140 Å². The molecule has 0 aromatic heterocycles. The van der Waals surface area contributed by atoms with Gasteiger partial charge in [0.05, 0.1) is 24.4 Å². The minimum Gasteiger partial charge on any atom is -0.441 e. The topological polar surface area (TPSA) is 49.8 Å². The molecule has 0 unspecified atom stereocenters. The van der Waals surface area contributed by atoms with Crippen LogP contribution in [0.3, 0.4) is 0 Å². The molecule has 1 fully saturated rings. The molecule has 0 spiro atoms. The van der Waals surface area contributed by atoms with Crippen LogP contribution in [0.5, 0.6) is 0 Å². The number of carbonyl (C=O) groups excluding carboxylic acids is 1. The average Bonchev–Trinajstić information content (AvgIpc) is 2.95. The van der Waals surface area contributed by atoms with Crippen molar-refractivity contribution in [2.24, 2.45) is 0 Å². The van der Waals surface area contributed by atoms with Crippen LogP contribution in [0.15, 0.2) is 42.5 Å². The summed E-state index contributed by atoms with van der Waals surface area (Å²) in [4.78, 5) is 12.9. The molecule has 1 atom stereocenters. The van der Waals surface area contributed by atoms with Crippen molar-refractivity contribution in [3.63, 3.8) is 0 Å². The van der Waals surface area contributed by atoms with Crippen LogP contribution in [0.1, 0.15) is 5.56 Å². The van der Waals surface area contributed by atoms with Gasteiger partial charge in [-0.05, 0) is 35.9 Å². The van der Waals surface area contributed by atoms with Crippen LogP contribution in [0.25, 0.3) is 11.1 Å². The highest BCUT2D eigenvalue weighted by Gasteiger charge is 2.32. The number of anilines is 1. The van der Waals surface area contributed by atoms with Crippen molar-refractivity contribution in [1.82, 2.24) is 0 Å². The predicted octanol–water partition coefficient (Wildman–Crippen LogP) is 3.83. The summed E-state index contributed by atoms with van der Waals surface area (Å²) in [5.41, 5.74) is -0.171. The number of carbonyl (C=O) groups is 1. The van der Waals surface area contributed by atoms with Gasteiger partial charge in [0.25, 0.3) is 0 Å². The second kappa shape index (κ2) is 6.36.